The van der Waals surface area contributed by atoms with Crippen molar-refractivity contribution in [3.63, 3.8) is 0 Å². The summed E-state index contributed by atoms with van der Waals surface area (Å²) in [5.41, 5.74) is 0.787. The largest absolute Gasteiger partial charge is 0.419 e. The minimum Gasteiger partial charge on any atom is -0.419 e. The standard InChI is InChI=1S/C11H14N4O/c1-2-4-8(5-3-1)10-14-15-11(16-10)9-6-7-12-13-9/h6-8H,1-5H2,(H,12,13). The molecule has 5 nitrogen and oxygen atoms in total. The van der Waals surface area contributed by atoms with Crippen LogP contribution in [0.3, 0.4) is 0 Å². The van der Waals surface area contributed by atoms with Gasteiger partial charge in [0, 0.05) is 12.1 Å². The molecule has 3 rings (SSSR count). The minimum atomic E-state index is 0.456. The lowest BCUT2D eigenvalue weighted by Gasteiger charge is -2.17. The first-order valence-corrected chi connectivity index (χ1v) is 5.76. The molecule has 2 aromatic heterocycles. The Morgan fingerprint density at radius 2 is 2.06 bits per heavy atom. The number of nitrogens with zero attached hydrogens (tertiary/aromatic N) is 3. The third-order valence-corrected chi connectivity index (χ3v) is 3.13. The zero-order chi connectivity index (χ0) is 10.8. The zero-order valence-corrected chi connectivity index (χ0v) is 9.02. The summed E-state index contributed by atoms with van der Waals surface area (Å²) in [6, 6.07) is 1.83. The van der Waals surface area contributed by atoms with Gasteiger partial charge in [-0.25, -0.2) is 0 Å². The van der Waals surface area contributed by atoms with Crippen LogP contribution in [-0.2, 0) is 0 Å². The summed E-state index contributed by atoms with van der Waals surface area (Å²) in [7, 11) is 0. The molecule has 0 unspecified atom stereocenters. The molecule has 0 bridgehead atoms. The lowest BCUT2D eigenvalue weighted by molar-refractivity contribution is 0.367. The highest BCUT2D eigenvalue weighted by molar-refractivity contribution is 5.44. The molecular formula is C11H14N4O. The Balaban J connectivity index is 1.82. The highest BCUT2D eigenvalue weighted by Crippen LogP contribution is 2.32. The van der Waals surface area contributed by atoms with Gasteiger partial charge in [0.25, 0.3) is 5.89 Å². The molecule has 0 aliphatic heterocycles. The first-order chi connectivity index (χ1) is 7.93. The molecule has 0 radical (unpaired) electrons. The van der Waals surface area contributed by atoms with Crippen LogP contribution < -0.4 is 0 Å². The summed E-state index contributed by atoms with van der Waals surface area (Å²) in [4.78, 5) is 0. The molecule has 0 atom stereocenters. The Kier molecular flexibility index (Phi) is 2.44. The fraction of sp³-hybridized carbons (Fsp3) is 0.545. The number of hydrogen-bond acceptors (Lipinski definition) is 4. The molecule has 1 aliphatic rings. The topological polar surface area (TPSA) is 67.6 Å². The Morgan fingerprint density at radius 1 is 1.19 bits per heavy atom. The molecule has 84 valence electrons. The number of H-pyrrole nitrogens is 1. The van der Waals surface area contributed by atoms with Crippen LogP contribution in [0.25, 0.3) is 11.6 Å². The summed E-state index contributed by atoms with van der Waals surface area (Å²) in [5, 5.41) is 14.9. The maximum absolute atomic E-state index is 5.67. The fourth-order valence-electron chi connectivity index (χ4n) is 2.23. The van der Waals surface area contributed by atoms with Crippen molar-refractivity contribution in [2.45, 2.75) is 38.0 Å². The van der Waals surface area contributed by atoms with Crippen LogP contribution in [0.2, 0.25) is 0 Å². The van der Waals surface area contributed by atoms with E-state index in [2.05, 4.69) is 20.4 Å². The Morgan fingerprint density at radius 3 is 2.81 bits per heavy atom. The van der Waals surface area contributed by atoms with E-state index in [0.717, 1.165) is 11.6 Å². The Labute approximate surface area is 93.3 Å². The molecule has 0 spiro atoms. The van der Waals surface area contributed by atoms with E-state index in [1.54, 1.807) is 6.20 Å². The van der Waals surface area contributed by atoms with Crippen molar-refractivity contribution in [2.75, 3.05) is 0 Å². The van der Waals surface area contributed by atoms with Crippen LogP contribution in [0.1, 0.15) is 43.9 Å². The van der Waals surface area contributed by atoms with Crippen molar-refractivity contribution in [1.29, 1.82) is 0 Å². The zero-order valence-electron chi connectivity index (χ0n) is 9.02. The summed E-state index contributed by atoms with van der Waals surface area (Å²) >= 11 is 0. The first kappa shape index (κ1) is 9.57. The van der Waals surface area contributed by atoms with Crippen LogP contribution in [0.4, 0.5) is 0 Å². The number of aromatic nitrogens is 4. The quantitative estimate of drug-likeness (QED) is 0.840. The molecule has 0 aromatic carbocycles. The molecule has 1 aliphatic carbocycles. The van der Waals surface area contributed by atoms with Gasteiger partial charge in [0.05, 0.1) is 0 Å². The third kappa shape index (κ3) is 1.73. The number of aromatic amines is 1. The fourth-order valence-corrected chi connectivity index (χ4v) is 2.23. The number of hydrogen-bond donors (Lipinski definition) is 1. The van der Waals surface area contributed by atoms with E-state index in [1.807, 2.05) is 6.07 Å². The lowest BCUT2D eigenvalue weighted by Crippen LogP contribution is -2.04. The van der Waals surface area contributed by atoms with Crippen molar-refractivity contribution in [2.24, 2.45) is 0 Å². The van der Waals surface area contributed by atoms with E-state index in [9.17, 15) is 0 Å². The summed E-state index contributed by atoms with van der Waals surface area (Å²) < 4.78 is 5.67. The van der Waals surface area contributed by atoms with Gasteiger partial charge in [-0.3, -0.25) is 5.10 Å². The molecule has 2 heterocycles. The van der Waals surface area contributed by atoms with Crippen molar-refractivity contribution in [3.8, 4) is 11.6 Å². The molecule has 0 amide bonds. The van der Waals surface area contributed by atoms with Crippen molar-refractivity contribution in [1.82, 2.24) is 20.4 Å². The predicted molar refractivity (Wildman–Crippen MR) is 57.7 cm³/mol. The Hall–Kier alpha value is -1.65. The third-order valence-electron chi connectivity index (χ3n) is 3.13. The van der Waals surface area contributed by atoms with Crippen LogP contribution in [0.15, 0.2) is 16.7 Å². The number of rotatable bonds is 2. The second kappa shape index (κ2) is 4.08. The van der Waals surface area contributed by atoms with Crippen molar-refractivity contribution >= 4 is 0 Å². The summed E-state index contributed by atoms with van der Waals surface area (Å²) in [6.07, 6.45) is 7.89. The van der Waals surface area contributed by atoms with Crippen LogP contribution in [-0.4, -0.2) is 20.4 Å². The smallest absolute Gasteiger partial charge is 0.265 e. The van der Waals surface area contributed by atoms with E-state index >= 15 is 0 Å². The van der Waals surface area contributed by atoms with Crippen molar-refractivity contribution in [3.05, 3.63) is 18.2 Å². The summed E-state index contributed by atoms with van der Waals surface area (Å²) in [5.74, 6) is 1.78. The molecule has 1 N–H and O–H groups in total. The van der Waals surface area contributed by atoms with Gasteiger partial charge in [0.1, 0.15) is 5.69 Å². The van der Waals surface area contributed by atoms with Gasteiger partial charge < -0.3 is 4.42 Å². The van der Waals surface area contributed by atoms with E-state index < -0.39 is 0 Å². The average molecular weight is 218 g/mol. The highest BCUT2D eigenvalue weighted by atomic mass is 16.4. The minimum absolute atomic E-state index is 0.456. The predicted octanol–water partition coefficient (Wildman–Crippen LogP) is 2.51. The van der Waals surface area contributed by atoms with Crippen molar-refractivity contribution < 1.29 is 4.42 Å². The maximum atomic E-state index is 5.67. The van der Waals surface area contributed by atoms with Crippen LogP contribution in [0.5, 0.6) is 0 Å². The van der Waals surface area contributed by atoms with Gasteiger partial charge >= 0.3 is 0 Å². The first-order valence-electron chi connectivity index (χ1n) is 5.76. The molecule has 1 fully saturated rings. The lowest BCUT2D eigenvalue weighted by atomic mass is 9.89. The second-order valence-corrected chi connectivity index (χ2v) is 4.25. The molecule has 2 aromatic rings. The normalized spacial score (nSPS) is 17.8. The second-order valence-electron chi connectivity index (χ2n) is 4.25. The molecule has 0 saturated heterocycles. The van der Waals surface area contributed by atoms with Gasteiger partial charge in [-0.05, 0) is 18.9 Å². The van der Waals surface area contributed by atoms with Gasteiger partial charge in [0.15, 0.2) is 0 Å². The summed E-state index contributed by atoms with van der Waals surface area (Å²) in [6.45, 7) is 0. The van der Waals surface area contributed by atoms with E-state index in [4.69, 9.17) is 4.42 Å². The molecule has 16 heavy (non-hydrogen) atoms. The van der Waals surface area contributed by atoms with Gasteiger partial charge in [-0.15, -0.1) is 10.2 Å². The molecule has 1 saturated carbocycles. The molecular weight excluding hydrogens is 204 g/mol. The van der Waals surface area contributed by atoms with E-state index in [1.165, 1.54) is 32.1 Å². The van der Waals surface area contributed by atoms with Gasteiger partial charge in [-0.1, -0.05) is 19.3 Å². The van der Waals surface area contributed by atoms with Crippen LogP contribution >= 0.6 is 0 Å². The molecule has 5 heteroatoms. The van der Waals surface area contributed by atoms with E-state index in [-0.39, 0.29) is 0 Å². The van der Waals surface area contributed by atoms with E-state index in [0.29, 0.717) is 11.8 Å². The SMILES string of the molecule is c1cc(-c2nnc(C3CCCCC3)o2)[nH]n1. The Bertz CT molecular complexity index is 442. The van der Waals surface area contributed by atoms with Crippen LogP contribution in [0, 0.1) is 0 Å². The maximum Gasteiger partial charge on any atom is 0.265 e. The highest BCUT2D eigenvalue weighted by Gasteiger charge is 2.21. The monoisotopic (exact) mass is 218 g/mol. The number of nitrogens with one attached hydrogen (secondary N) is 1. The average Bonchev–Trinajstić information content (AvgIpc) is 3.01. The van der Waals surface area contributed by atoms with Gasteiger partial charge in [-0.2, -0.15) is 5.10 Å². The van der Waals surface area contributed by atoms with Gasteiger partial charge in [0.2, 0.25) is 5.89 Å².